The summed E-state index contributed by atoms with van der Waals surface area (Å²) < 4.78 is 0. The van der Waals surface area contributed by atoms with Crippen LogP contribution in [0.5, 0.6) is 0 Å². The quantitative estimate of drug-likeness (QED) is 0.827. The van der Waals surface area contributed by atoms with Gasteiger partial charge in [-0.05, 0) is 20.8 Å². The lowest BCUT2D eigenvalue weighted by Crippen LogP contribution is -2.30. The van der Waals surface area contributed by atoms with Crippen LogP contribution in [0.25, 0.3) is 0 Å². The van der Waals surface area contributed by atoms with E-state index in [2.05, 4.69) is 15.6 Å². The second-order valence-corrected chi connectivity index (χ2v) is 4.38. The van der Waals surface area contributed by atoms with E-state index in [0.717, 1.165) is 0 Å². The number of hydrogen-bond donors (Lipinski definition) is 2. The summed E-state index contributed by atoms with van der Waals surface area (Å²) in [5.41, 5.74) is 0.292. The number of nitrogens with zero attached hydrogens (tertiary/aromatic N) is 1. The minimum Gasteiger partial charge on any atom is -0.350 e. The van der Waals surface area contributed by atoms with E-state index in [1.165, 1.54) is 11.3 Å². The molecular formula is C10H15N3O2S. The van der Waals surface area contributed by atoms with Gasteiger partial charge in [0.25, 0.3) is 11.8 Å². The number of amides is 2. The highest BCUT2D eigenvalue weighted by Crippen LogP contribution is 2.09. The lowest BCUT2D eigenvalue weighted by atomic mass is 10.3. The van der Waals surface area contributed by atoms with Gasteiger partial charge in [-0.1, -0.05) is 0 Å². The third kappa shape index (κ3) is 3.30. The summed E-state index contributed by atoms with van der Waals surface area (Å²) in [6.07, 6.45) is 0. The number of aromatic nitrogens is 1. The standard InChI is InChI=1S/C10H15N3O2S/c1-4-11-9(15)10-13-7(5-16-10)8(14)12-6(2)3/h5-6H,4H2,1-3H3,(H,11,15)(H,12,14). The minimum atomic E-state index is -0.248. The van der Waals surface area contributed by atoms with E-state index in [9.17, 15) is 9.59 Å². The van der Waals surface area contributed by atoms with Crippen molar-refractivity contribution in [3.63, 3.8) is 0 Å². The predicted octanol–water partition coefficient (Wildman–Crippen LogP) is 1.03. The maximum Gasteiger partial charge on any atom is 0.280 e. The van der Waals surface area contributed by atoms with Crippen molar-refractivity contribution in [2.45, 2.75) is 26.8 Å². The largest absolute Gasteiger partial charge is 0.350 e. The van der Waals surface area contributed by atoms with E-state index >= 15 is 0 Å². The minimum absolute atomic E-state index is 0.0575. The Balaban J connectivity index is 2.71. The Morgan fingerprint density at radius 2 is 2.12 bits per heavy atom. The predicted molar refractivity (Wildman–Crippen MR) is 62.7 cm³/mol. The second-order valence-electron chi connectivity index (χ2n) is 3.53. The van der Waals surface area contributed by atoms with Crippen LogP contribution < -0.4 is 10.6 Å². The molecule has 0 radical (unpaired) electrons. The molecule has 0 spiro atoms. The summed E-state index contributed by atoms with van der Waals surface area (Å²) in [5.74, 6) is -0.488. The molecule has 1 rings (SSSR count). The van der Waals surface area contributed by atoms with Gasteiger partial charge in [0.05, 0.1) is 0 Å². The van der Waals surface area contributed by atoms with Crippen molar-refractivity contribution < 1.29 is 9.59 Å². The number of nitrogens with one attached hydrogen (secondary N) is 2. The highest BCUT2D eigenvalue weighted by Gasteiger charge is 2.15. The molecule has 0 aliphatic rings. The third-order valence-electron chi connectivity index (χ3n) is 1.69. The molecular weight excluding hydrogens is 226 g/mol. The topological polar surface area (TPSA) is 71.1 Å². The molecule has 0 aromatic carbocycles. The summed E-state index contributed by atoms with van der Waals surface area (Å²) >= 11 is 1.17. The molecule has 2 amide bonds. The van der Waals surface area contributed by atoms with Gasteiger partial charge in [0.1, 0.15) is 5.69 Å². The van der Waals surface area contributed by atoms with Crippen molar-refractivity contribution in [2.75, 3.05) is 6.54 Å². The molecule has 16 heavy (non-hydrogen) atoms. The molecule has 1 heterocycles. The average molecular weight is 241 g/mol. The Labute approximate surface area is 98.3 Å². The summed E-state index contributed by atoms with van der Waals surface area (Å²) in [4.78, 5) is 26.9. The van der Waals surface area contributed by atoms with Gasteiger partial charge in [-0.15, -0.1) is 11.3 Å². The summed E-state index contributed by atoms with van der Waals surface area (Å²) in [6.45, 7) is 6.12. The van der Waals surface area contributed by atoms with E-state index in [-0.39, 0.29) is 17.9 Å². The monoisotopic (exact) mass is 241 g/mol. The maximum atomic E-state index is 11.6. The molecule has 5 nitrogen and oxygen atoms in total. The molecule has 0 saturated carbocycles. The molecule has 0 bridgehead atoms. The Morgan fingerprint density at radius 3 is 2.69 bits per heavy atom. The zero-order valence-electron chi connectivity index (χ0n) is 9.53. The molecule has 2 N–H and O–H groups in total. The zero-order chi connectivity index (χ0) is 12.1. The van der Waals surface area contributed by atoms with Crippen molar-refractivity contribution in [2.24, 2.45) is 0 Å². The number of carbonyl (C=O) groups is 2. The summed E-state index contributed by atoms with van der Waals surface area (Å²) in [6, 6.07) is 0.0575. The fourth-order valence-electron chi connectivity index (χ4n) is 1.05. The number of carbonyl (C=O) groups excluding carboxylic acids is 2. The van der Waals surface area contributed by atoms with E-state index in [1.54, 1.807) is 5.38 Å². The first-order valence-corrected chi connectivity index (χ1v) is 5.97. The van der Waals surface area contributed by atoms with Crippen molar-refractivity contribution in [1.29, 1.82) is 0 Å². The smallest absolute Gasteiger partial charge is 0.280 e. The van der Waals surface area contributed by atoms with Gasteiger partial charge in [0.2, 0.25) is 0 Å². The van der Waals surface area contributed by atoms with Crippen molar-refractivity contribution in [3.8, 4) is 0 Å². The first-order chi connectivity index (χ1) is 7.54. The molecule has 0 aliphatic carbocycles. The molecule has 0 aliphatic heterocycles. The van der Waals surface area contributed by atoms with Gasteiger partial charge in [-0.3, -0.25) is 9.59 Å². The Morgan fingerprint density at radius 1 is 1.44 bits per heavy atom. The second kappa shape index (κ2) is 5.60. The number of hydrogen-bond acceptors (Lipinski definition) is 4. The van der Waals surface area contributed by atoms with Crippen LogP contribution in [0.4, 0.5) is 0 Å². The van der Waals surface area contributed by atoms with Crippen LogP contribution in [0.1, 0.15) is 41.1 Å². The Bertz CT molecular complexity index is 387. The van der Waals surface area contributed by atoms with E-state index < -0.39 is 0 Å². The number of rotatable bonds is 4. The maximum absolute atomic E-state index is 11.6. The van der Waals surface area contributed by atoms with Crippen LogP contribution in [0.3, 0.4) is 0 Å². The van der Waals surface area contributed by atoms with E-state index in [0.29, 0.717) is 17.2 Å². The average Bonchev–Trinajstić information content (AvgIpc) is 2.65. The Kier molecular flexibility index (Phi) is 4.42. The lowest BCUT2D eigenvalue weighted by molar-refractivity contribution is 0.0938. The van der Waals surface area contributed by atoms with Crippen LogP contribution in [-0.4, -0.2) is 29.4 Å². The Hall–Kier alpha value is -1.43. The van der Waals surface area contributed by atoms with Gasteiger partial charge < -0.3 is 10.6 Å². The molecule has 1 aromatic rings. The van der Waals surface area contributed by atoms with Crippen LogP contribution in [0, 0.1) is 0 Å². The summed E-state index contributed by atoms with van der Waals surface area (Å²) in [5, 5.41) is 7.25. The van der Waals surface area contributed by atoms with Gasteiger partial charge in [-0.25, -0.2) is 4.98 Å². The molecule has 1 aromatic heterocycles. The third-order valence-corrected chi connectivity index (χ3v) is 2.53. The van der Waals surface area contributed by atoms with Crippen molar-refractivity contribution >= 4 is 23.2 Å². The molecule has 0 fully saturated rings. The van der Waals surface area contributed by atoms with Crippen LogP contribution >= 0.6 is 11.3 Å². The fourth-order valence-corrected chi connectivity index (χ4v) is 1.77. The highest BCUT2D eigenvalue weighted by molar-refractivity contribution is 7.11. The highest BCUT2D eigenvalue weighted by atomic mass is 32.1. The van der Waals surface area contributed by atoms with Crippen molar-refractivity contribution in [3.05, 3.63) is 16.1 Å². The number of thiazole rings is 1. The van der Waals surface area contributed by atoms with Gasteiger partial charge >= 0.3 is 0 Å². The zero-order valence-corrected chi connectivity index (χ0v) is 10.4. The molecule has 88 valence electrons. The van der Waals surface area contributed by atoms with Gasteiger partial charge in [-0.2, -0.15) is 0 Å². The molecule has 0 saturated heterocycles. The van der Waals surface area contributed by atoms with E-state index in [1.807, 2.05) is 20.8 Å². The van der Waals surface area contributed by atoms with Gasteiger partial charge in [0, 0.05) is 18.0 Å². The molecule has 0 atom stereocenters. The summed E-state index contributed by atoms with van der Waals surface area (Å²) in [7, 11) is 0. The first kappa shape index (κ1) is 12.6. The molecule has 6 heteroatoms. The van der Waals surface area contributed by atoms with Crippen LogP contribution in [-0.2, 0) is 0 Å². The van der Waals surface area contributed by atoms with Crippen molar-refractivity contribution in [1.82, 2.24) is 15.6 Å². The van der Waals surface area contributed by atoms with Gasteiger partial charge in [0.15, 0.2) is 5.01 Å². The first-order valence-electron chi connectivity index (χ1n) is 5.09. The lowest BCUT2D eigenvalue weighted by Gasteiger charge is -2.05. The fraction of sp³-hybridized carbons (Fsp3) is 0.500. The van der Waals surface area contributed by atoms with Crippen LogP contribution in [0.15, 0.2) is 5.38 Å². The van der Waals surface area contributed by atoms with E-state index in [4.69, 9.17) is 0 Å². The SMILES string of the molecule is CCNC(=O)c1nc(C(=O)NC(C)C)cs1. The normalized spacial score (nSPS) is 10.2. The molecule has 0 unspecified atom stereocenters. The van der Waals surface area contributed by atoms with Crippen LogP contribution in [0.2, 0.25) is 0 Å².